The summed E-state index contributed by atoms with van der Waals surface area (Å²) in [5, 5.41) is 1.39. The Kier molecular flexibility index (Phi) is 4.72. The molecule has 0 saturated heterocycles. The number of nitrogens with zero attached hydrogens (tertiary/aromatic N) is 1. The lowest BCUT2D eigenvalue weighted by Gasteiger charge is -2.17. The Balaban J connectivity index is 3.43. The molecule has 0 unspecified atom stereocenters. The van der Waals surface area contributed by atoms with Gasteiger partial charge in [-0.2, -0.15) is 0 Å². The van der Waals surface area contributed by atoms with E-state index in [9.17, 15) is 0 Å². The number of likely N-dealkylation sites (N-methyl/N-ethyl adjacent to an activating group) is 1. The van der Waals surface area contributed by atoms with Crippen LogP contribution in [0.5, 0.6) is 0 Å². The summed E-state index contributed by atoms with van der Waals surface area (Å²) in [5.74, 6) is 0. The van der Waals surface area contributed by atoms with Gasteiger partial charge in [-0.15, -0.1) is 6.58 Å². The summed E-state index contributed by atoms with van der Waals surface area (Å²) < 4.78 is 0. The van der Waals surface area contributed by atoms with Crippen LogP contribution in [0.15, 0.2) is 11.8 Å². The van der Waals surface area contributed by atoms with Crippen molar-refractivity contribution in [2.75, 3.05) is 19.6 Å². The maximum Gasteiger partial charge on any atom is 0.0342 e. The lowest BCUT2D eigenvalue weighted by molar-refractivity contribution is 0.335. The van der Waals surface area contributed by atoms with Crippen LogP contribution in [0.3, 0.4) is 0 Å². The molecule has 0 aromatic rings. The quantitative estimate of drug-likeness (QED) is 0.508. The largest absolute Gasteiger partial charge is 0.300 e. The van der Waals surface area contributed by atoms with E-state index >= 15 is 0 Å². The Labute approximate surface area is 61.2 Å². The third kappa shape index (κ3) is 4.42. The SMILES string of the molecule is C=C([SiH3])CN(CC)CC. The minimum Gasteiger partial charge on any atom is -0.300 e. The highest BCUT2D eigenvalue weighted by Gasteiger charge is 1.95. The van der Waals surface area contributed by atoms with E-state index in [1.807, 2.05) is 0 Å². The molecule has 0 spiro atoms. The van der Waals surface area contributed by atoms with E-state index in [-0.39, 0.29) is 0 Å². The van der Waals surface area contributed by atoms with Gasteiger partial charge < -0.3 is 4.90 Å². The second-order valence-corrected chi connectivity index (χ2v) is 3.83. The van der Waals surface area contributed by atoms with Crippen LogP contribution in [-0.4, -0.2) is 34.8 Å². The summed E-state index contributed by atoms with van der Waals surface area (Å²) in [5.41, 5.74) is 0. The van der Waals surface area contributed by atoms with Crippen LogP contribution in [0, 0.1) is 0 Å². The lowest BCUT2D eigenvalue weighted by Crippen LogP contribution is -2.24. The van der Waals surface area contributed by atoms with Crippen molar-refractivity contribution in [1.82, 2.24) is 4.90 Å². The van der Waals surface area contributed by atoms with E-state index < -0.39 is 0 Å². The molecule has 0 aliphatic carbocycles. The van der Waals surface area contributed by atoms with Crippen molar-refractivity contribution < 1.29 is 0 Å². The highest BCUT2D eigenvalue weighted by atomic mass is 28.1. The van der Waals surface area contributed by atoms with Gasteiger partial charge in [0.2, 0.25) is 0 Å². The van der Waals surface area contributed by atoms with E-state index in [1.165, 1.54) is 5.20 Å². The van der Waals surface area contributed by atoms with Crippen molar-refractivity contribution in [2.24, 2.45) is 0 Å². The number of hydrogen-bond donors (Lipinski definition) is 0. The molecule has 9 heavy (non-hydrogen) atoms. The van der Waals surface area contributed by atoms with Gasteiger partial charge in [-0.1, -0.05) is 19.0 Å². The summed E-state index contributed by atoms with van der Waals surface area (Å²) in [7, 11) is 1.14. The molecule has 0 atom stereocenters. The fraction of sp³-hybridized carbons (Fsp3) is 0.714. The number of hydrogen-bond acceptors (Lipinski definition) is 1. The van der Waals surface area contributed by atoms with Crippen LogP contribution in [0.2, 0.25) is 0 Å². The zero-order chi connectivity index (χ0) is 7.28. The van der Waals surface area contributed by atoms with Gasteiger partial charge in [0.15, 0.2) is 0 Å². The van der Waals surface area contributed by atoms with Crippen molar-refractivity contribution in [3.63, 3.8) is 0 Å². The first-order valence-corrected chi connectivity index (χ1v) is 4.57. The Bertz CT molecular complexity index is 86.9. The molecule has 0 rings (SSSR count). The normalized spacial score (nSPS) is 10.6. The molecule has 0 fully saturated rings. The molecular weight excluding hydrogens is 126 g/mol. The van der Waals surface area contributed by atoms with Crippen molar-refractivity contribution in [3.05, 3.63) is 11.8 Å². The van der Waals surface area contributed by atoms with Crippen molar-refractivity contribution in [1.29, 1.82) is 0 Å². The molecule has 54 valence electrons. The minimum absolute atomic E-state index is 1.11. The molecule has 0 aliphatic heterocycles. The first-order valence-electron chi connectivity index (χ1n) is 3.57. The van der Waals surface area contributed by atoms with Gasteiger partial charge in [-0.05, 0) is 13.1 Å². The Hall–Kier alpha value is -0.0831. The van der Waals surface area contributed by atoms with Crippen molar-refractivity contribution in [2.45, 2.75) is 13.8 Å². The molecule has 0 amide bonds. The molecular formula is C7H17NSi. The van der Waals surface area contributed by atoms with Crippen LogP contribution >= 0.6 is 0 Å². The third-order valence-corrected chi connectivity index (χ3v) is 1.70. The Morgan fingerprint density at radius 2 is 1.89 bits per heavy atom. The second-order valence-electron chi connectivity index (χ2n) is 2.42. The zero-order valence-corrected chi connectivity index (χ0v) is 8.78. The molecule has 0 aromatic carbocycles. The van der Waals surface area contributed by atoms with Gasteiger partial charge in [-0.25, -0.2) is 0 Å². The molecule has 0 aliphatic rings. The number of rotatable bonds is 4. The minimum atomic E-state index is 1.11. The van der Waals surface area contributed by atoms with Gasteiger partial charge in [0.05, 0.1) is 0 Å². The summed E-state index contributed by atoms with van der Waals surface area (Å²) >= 11 is 0. The van der Waals surface area contributed by atoms with Crippen molar-refractivity contribution in [3.8, 4) is 0 Å². The molecule has 1 nitrogen and oxygen atoms in total. The van der Waals surface area contributed by atoms with Crippen LogP contribution in [0.4, 0.5) is 0 Å². The maximum atomic E-state index is 3.91. The molecule has 0 aromatic heterocycles. The van der Waals surface area contributed by atoms with Gasteiger partial charge in [0.25, 0.3) is 0 Å². The van der Waals surface area contributed by atoms with Crippen LogP contribution in [0.25, 0.3) is 0 Å². The maximum absolute atomic E-state index is 3.91. The first kappa shape index (κ1) is 8.92. The van der Waals surface area contributed by atoms with Gasteiger partial charge in [0.1, 0.15) is 0 Å². The predicted octanol–water partition coefficient (Wildman–Crippen LogP) is 0.207. The molecule has 2 heteroatoms. The highest BCUT2D eigenvalue weighted by Crippen LogP contribution is 1.90. The van der Waals surface area contributed by atoms with E-state index in [0.29, 0.717) is 0 Å². The zero-order valence-electron chi connectivity index (χ0n) is 6.78. The van der Waals surface area contributed by atoms with Gasteiger partial charge in [-0.3, -0.25) is 0 Å². The summed E-state index contributed by atoms with van der Waals surface area (Å²) in [6.07, 6.45) is 0. The molecule has 0 bridgehead atoms. The van der Waals surface area contributed by atoms with Crippen LogP contribution in [0.1, 0.15) is 13.8 Å². The fourth-order valence-electron chi connectivity index (χ4n) is 0.829. The van der Waals surface area contributed by atoms with E-state index in [2.05, 4.69) is 25.3 Å². The predicted molar refractivity (Wildman–Crippen MR) is 46.9 cm³/mol. The van der Waals surface area contributed by atoms with Crippen LogP contribution in [-0.2, 0) is 0 Å². The third-order valence-electron chi connectivity index (χ3n) is 1.39. The molecule has 0 N–H and O–H groups in total. The van der Waals surface area contributed by atoms with Crippen molar-refractivity contribution >= 4 is 10.2 Å². The average molecular weight is 143 g/mol. The lowest BCUT2D eigenvalue weighted by atomic mass is 10.4. The smallest absolute Gasteiger partial charge is 0.0342 e. The molecule has 0 heterocycles. The van der Waals surface area contributed by atoms with E-state index in [4.69, 9.17) is 0 Å². The van der Waals surface area contributed by atoms with E-state index in [1.54, 1.807) is 0 Å². The Morgan fingerprint density at radius 1 is 1.44 bits per heavy atom. The topological polar surface area (TPSA) is 3.24 Å². The summed E-state index contributed by atoms with van der Waals surface area (Å²) in [6, 6.07) is 0. The van der Waals surface area contributed by atoms with Crippen LogP contribution < -0.4 is 0 Å². The molecule has 0 saturated carbocycles. The monoisotopic (exact) mass is 143 g/mol. The van der Waals surface area contributed by atoms with Gasteiger partial charge >= 0.3 is 0 Å². The summed E-state index contributed by atoms with van der Waals surface area (Å²) in [6.45, 7) is 11.7. The summed E-state index contributed by atoms with van der Waals surface area (Å²) in [4.78, 5) is 2.38. The fourth-order valence-corrected chi connectivity index (χ4v) is 1.28. The second kappa shape index (κ2) is 4.76. The highest BCUT2D eigenvalue weighted by molar-refractivity contribution is 6.21. The average Bonchev–Trinajstić information content (AvgIpc) is 1.82. The Morgan fingerprint density at radius 3 is 2.00 bits per heavy atom. The first-order chi connectivity index (χ1) is 4.20. The molecule has 0 radical (unpaired) electrons. The standard InChI is InChI=1S/C7H17NSi/c1-4-8(5-2)6-7(3)9/h3-6H2,1-2,9H3. The van der Waals surface area contributed by atoms with Gasteiger partial charge in [0, 0.05) is 16.8 Å². The van der Waals surface area contributed by atoms with E-state index in [0.717, 1.165) is 29.9 Å².